The molecule has 2 N–H and O–H groups in total. The molecule has 2 aromatic carbocycles. The summed E-state index contributed by atoms with van der Waals surface area (Å²) in [5, 5.41) is 6.98. The number of ether oxygens (including phenoxy) is 1. The van der Waals surface area contributed by atoms with Gasteiger partial charge in [0, 0.05) is 13.0 Å². The van der Waals surface area contributed by atoms with Crippen molar-refractivity contribution in [2.45, 2.75) is 13.3 Å². The maximum atomic E-state index is 12.1. The van der Waals surface area contributed by atoms with Crippen molar-refractivity contribution in [2.75, 3.05) is 24.3 Å². The van der Waals surface area contributed by atoms with Gasteiger partial charge in [-0.1, -0.05) is 35.3 Å². The van der Waals surface area contributed by atoms with Gasteiger partial charge in [0.2, 0.25) is 5.91 Å². The first kappa shape index (κ1) is 17.4. The van der Waals surface area contributed by atoms with Crippen molar-refractivity contribution < 1.29 is 9.53 Å². The number of para-hydroxylation sites is 1. The number of carbonyl (C=O) groups excluding carboxylic acids is 1. The first-order valence-electron chi connectivity index (χ1n) is 7.13. The van der Waals surface area contributed by atoms with Crippen LogP contribution in [0.25, 0.3) is 0 Å². The van der Waals surface area contributed by atoms with Gasteiger partial charge in [0.05, 0.1) is 28.5 Å². The number of hydrogen-bond donors (Lipinski definition) is 2. The highest BCUT2D eigenvalue weighted by molar-refractivity contribution is 6.39. The fraction of sp³-hybridized carbons (Fsp3) is 0.235. The van der Waals surface area contributed by atoms with E-state index in [-0.39, 0.29) is 12.3 Å². The number of carbonyl (C=O) groups is 1. The van der Waals surface area contributed by atoms with Crippen LogP contribution in [0.15, 0.2) is 36.4 Å². The van der Waals surface area contributed by atoms with Crippen LogP contribution in [-0.2, 0) is 4.79 Å². The summed E-state index contributed by atoms with van der Waals surface area (Å²) in [5.41, 5.74) is 2.34. The van der Waals surface area contributed by atoms with Gasteiger partial charge in [-0.05, 0) is 36.8 Å². The Morgan fingerprint density at radius 1 is 1.17 bits per heavy atom. The van der Waals surface area contributed by atoms with Crippen LogP contribution in [0.2, 0.25) is 10.0 Å². The van der Waals surface area contributed by atoms with E-state index in [4.69, 9.17) is 27.9 Å². The Kier molecular flexibility index (Phi) is 6.13. The normalized spacial score (nSPS) is 10.3. The number of halogens is 2. The highest BCUT2D eigenvalue weighted by Gasteiger charge is 2.09. The summed E-state index contributed by atoms with van der Waals surface area (Å²) < 4.78 is 5.24. The molecule has 1 amide bonds. The Labute approximate surface area is 145 Å². The topological polar surface area (TPSA) is 50.4 Å². The minimum absolute atomic E-state index is 0.121. The van der Waals surface area contributed by atoms with Crippen molar-refractivity contribution in [3.63, 3.8) is 0 Å². The van der Waals surface area contributed by atoms with Crippen LogP contribution in [0.5, 0.6) is 5.75 Å². The third-order valence-electron chi connectivity index (χ3n) is 3.25. The molecule has 0 fully saturated rings. The summed E-state index contributed by atoms with van der Waals surface area (Å²) in [6.45, 7) is 2.37. The molecule has 0 saturated heterocycles. The summed E-state index contributed by atoms with van der Waals surface area (Å²) >= 11 is 12.1. The highest BCUT2D eigenvalue weighted by Crippen LogP contribution is 2.29. The molecule has 0 aliphatic rings. The van der Waals surface area contributed by atoms with Crippen molar-refractivity contribution >= 4 is 40.5 Å². The zero-order valence-corrected chi connectivity index (χ0v) is 14.5. The average Bonchev–Trinajstić information content (AvgIpc) is 2.50. The maximum absolute atomic E-state index is 12.1. The monoisotopic (exact) mass is 352 g/mol. The minimum Gasteiger partial charge on any atom is -0.495 e. The van der Waals surface area contributed by atoms with E-state index in [1.807, 2.05) is 25.1 Å². The maximum Gasteiger partial charge on any atom is 0.226 e. The molecule has 0 aliphatic carbocycles. The van der Waals surface area contributed by atoms with Crippen molar-refractivity contribution in [3.05, 3.63) is 52.0 Å². The fourth-order valence-electron chi connectivity index (χ4n) is 2.10. The van der Waals surface area contributed by atoms with Gasteiger partial charge in [0.1, 0.15) is 5.75 Å². The molecule has 0 radical (unpaired) electrons. The van der Waals surface area contributed by atoms with Crippen LogP contribution in [0.1, 0.15) is 12.0 Å². The van der Waals surface area contributed by atoms with Gasteiger partial charge in [-0.2, -0.15) is 0 Å². The Morgan fingerprint density at radius 3 is 2.52 bits per heavy atom. The molecule has 0 spiro atoms. The quantitative estimate of drug-likeness (QED) is 0.788. The largest absolute Gasteiger partial charge is 0.495 e. The average molecular weight is 353 g/mol. The van der Waals surface area contributed by atoms with Gasteiger partial charge in [-0.3, -0.25) is 4.79 Å². The second kappa shape index (κ2) is 8.09. The molecule has 0 atom stereocenters. The Morgan fingerprint density at radius 2 is 1.87 bits per heavy atom. The molecule has 0 bridgehead atoms. The summed E-state index contributed by atoms with van der Waals surface area (Å²) in [5.74, 6) is 0.510. The number of anilines is 2. The predicted octanol–water partition coefficient (Wildman–Crippen LogP) is 4.75. The lowest BCUT2D eigenvalue weighted by atomic mass is 10.2. The standard InChI is InChI=1S/C17H18Cl2N2O2/c1-11-6-7-15(23-2)14(10-11)21-16(22)8-9-20-17-12(18)4-3-5-13(17)19/h3-7,10,20H,8-9H2,1-2H3,(H,21,22). The lowest BCUT2D eigenvalue weighted by molar-refractivity contribution is -0.115. The molecule has 4 nitrogen and oxygen atoms in total. The van der Waals surface area contributed by atoms with E-state index in [1.54, 1.807) is 25.3 Å². The number of nitrogens with one attached hydrogen (secondary N) is 2. The van der Waals surface area contributed by atoms with E-state index in [1.165, 1.54) is 0 Å². The zero-order chi connectivity index (χ0) is 16.8. The van der Waals surface area contributed by atoms with Crippen LogP contribution < -0.4 is 15.4 Å². The molecule has 23 heavy (non-hydrogen) atoms. The molecule has 0 aromatic heterocycles. The number of aryl methyl sites for hydroxylation is 1. The number of methoxy groups -OCH3 is 1. The molecular weight excluding hydrogens is 335 g/mol. The third kappa shape index (κ3) is 4.78. The van der Waals surface area contributed by atoms with Crippen molar-refractivity contribution in [3.8, 4) is 5.75 Å². The first-order chi connectivity index (χ1) is 11.0. The smallest absolute Gasteiger partial charge is 0.226 e. The molecule has 0 unspecified atom stereocenters. The Bertz CT molecular complexity index is 685. The molecule has 2 rings (SSSR count). The van der Waals surface area contributed by atoms with Gasteiger partial charge in [-0.15, -0.1) is 0 Å². The lowest BCUT2D eigenvalue weighted by Gasteiger charge is -2.12. The van der Waals surface area contributed by atoms with Crippen molar-refractivity contribution in [2.24, 2.45) is 0 Å². The molecule has 0 heterocycles. The SMILES string of the molecule is COc1ccc(C)cc1NC(=O)CCNc1c(Cl)cccc1Cl. The molecule has 2 aromatic rings. The van der Waals surface area contributed by atoms with Gasteiger partial charge in [-0.25, -0.2) is 0 Å². The third-order valence-corrected chi connectivity index (χ3v) is 3.88. The molecule has 0 saturated carbocycles. The molecule has 122 valence electrons. The second-order valence-electron chi connectivity index (χ2n) is 5.03. The number of benzene rings is 2. The van der Waals surface area contributed by atoms with Crippen LogP contribution >= 0.6 is 23.2 Å². The second-order valence-corrected chi connectivity index (χ2v) is 5.84. The number of amides is 1. The van der Waals surface area contributed by atoms with Crippen molar-refractivity contribution in [1.82, 2.24) is 0 Å². The summed E-state index contributed by atoms with van der Waals surface area (Å²) in [4.78, 5) is 12.1. The van der Waals surface area contributed by atoms with E-state index in [9.17, 15) is 4.79 Å². The van der Waals surface area contributed by atoms with Crippen molar-refractivity contribution in [1.29, 1.82) is 0 Å². The molecular formula is C17H18Cl2N2O2. The van der Waals surface area contributed by atoms with Crippen LogP contribution in [-0.4, -0.2) is 19.6 Å². The van der Waals surface area contributed by atoms with Crippen LogP contribution in [0.4, 0.5) is 11.4 Å². The summed E-state index contributed by atoms with van der Waals surface area (Å²) in [6.07, 6.45) is 0.276. The summed E-state index contributed by atoms with van der Waals surface area (Å²) in [7, 11) is 1.57. The molecule has 6 heteroatoms. The highest BCUT2D eigenvalue weighted by atomic mass is 35.5. The van der Waals surface area contributed by atoms with Gasteiger partial charge in [0.15, 0.2) is 0 Å². The van der Waals surface area contributed by atoms with E-state index in [2.05, 4.69) is 10.6 Å². The van der Waals surface area contributed by atoms with Gasteiger partial charge in [0.25, 0.3) is 0 Å². The van der Waals surface area contributed by atoms with E-state index in [0.717, 1.165) is 5.56 Å². The Balaban J connectivity index is 1.92. The fourth-order valence-corrected chi connectivity index (χ4v) is 2.63. The zero-order valence-electron chi connectivity index (χ0n) is 13.0. The van der Waals surface area contributed by atoms with E-state index in [0.29, 0.717) is 33.7 Å². The minimum atomic E-state index is -0.121. The predicted molar refractivity (Wildman–Crippen MR) is 95.9 cm³/mol. The lowest BCUT2D eigenvalue weighted by Crippen LogP contribution is -2.17. The molecule has 0 aliphatic heterocycles. The van der Waals surface area contributed by atoms with E-state index < -0.39 is 0 Å². The van der Waals surface area contributed by atoms with Gasteiger partial charge < -0.3 is 15.4 Å². The van der Waals surface area contributed by atoms with Gasteiger partial charge >= 0.3 is 0 Å². The Hall–Kier alpha value is -1.91. The van der Waals surface area contributed by atoms with E-state index >= 15 is 0 Å². The number of rotatable bonds is 6. The summed E-state index contributed by atoms with van der Waals surface area (Å²) in [6, 6.07) is 10.9. The van der Waals surface area contributed by atoms with Crippen LogP contribution in [0.3, 0.4) is 0 Å². The number of hydrogen-bond acceptors (Lipinski definition) is 3. The van der Waals surface area contributed by atoms with Crippen LogP contribution in [0, 0.1) is 6.92 Å². The first-order valence-corrected chi connectivity index (χ1v) is 7.89.